The maximum Gasteiger partial charge on any atom is 0.0770 e. The standard InChI is InChI=1S/C7H16O2.C5H12O2.C3H8O2/c1-2-3-4-5-7(9)6-8;6-4-2-1-3-5-7;1-3(5)2-4/h7-9H,2-6H2,1H3;6-7H,1-5H2;3-5H,2H2,1H3. The van der Waals surface area contributed by atoms with Crippen LogP contribution in [0, 0.1) is 0 Å². The van der Waals surface area contributed by atoms with Crippen molar-refractivity contribution in [2.45, 2.75) is 71.0 Å². The van der Waals surface area contributed by atoms with Gasteiger partial charge >= 0.3 is 0 Å². The summed E-state index contributed by atoms with van der Waals surface area (Å²) in [6.45, 7) is 3.91. The van der Waals surface area contributed by atoms with Crippen LogP contribution in [0.1, 0.15) is 58.8 Å². The summed E-state index contributed by atoms with van der Waals surface area (Å²) in [5.41, 5.74) is 0. The Hall–Kier alpha value is -0.240. The third kappa shape index (κ3) is 38.3. The molecule has 6 heteroatoms. The first-order chi connectivity index (χ1) is 9.99. The SMILES string of the molecule is CC(O)CO.CCCCCC(O)CO.OCCCCCO. The van der Waals surface area contributed by atoms with Gasteiger partial charge in [0, 0.05) is 13.2 Å². The molecule has 6 N–H and O–H groups in total. The monoisotopic (exact) mass is 312 g/mol. The summed E-state index contributed by atoms with van der Waals surface area (Å²) in [5.74, 6) is 0. The normalized spacial score (nSPS) is 12.6. The number of aliphatic hydroxyl groups is 6. The molecule has 0 aromatic carbocycles. The van der Waals surface area contributed by atoms with Crippen molar-refractivity contribution < 1.29 is 30.6 Å². The van der Waals surface area contributed by atoms with Crippen LogP contribution in [-0.2, 0) is 0 Å². The van der Waals surface area contributed by atoms with Gasteiger partial charge in [-0.15, -0.1) is 0 Å². The average molecular weight is 312 g/mol. The van der Waals surface area contributed by atoms with Crippen LogP contribution in [-0.4, -0.2) is 69.3 Å². The van der Waals surface area contributed by atoms with Crippen molar-refractivity contribution >= 4 is 0 Å². The molecule has 0 heterocycles. The molecule has 6 nitrogen and oxygen atoms in total. The van der Waals surface area contributed by atoms with Gasteiger partial charge in [0.1, 0.15) is 0 Å². The second kappa shape index (κ2) is 24.8. The molecular formula is C15H36O6. The lowest BCUT2D eigenvalue weighted by Gasteiger charge is -2.04. The highest BCUT2D eigenvalue weighted by Crippen LogP contribution is 2.01. The van der Waals surface area contributed by atoms with E-state index in [9.17, 15) is 0 Å². The fourth-order valence-electron chi connectivity index (χ4n) is 1.12. The second-order valence-electron chi connectivity index (χ2n) is 4.87. The van der Waals surface area contributed by atoms with Crippen LogP contribution in [0.4, 0.5) is 0 Å². The summed E-state index contributed by atoms with van der Waals surface area (Å²) in [4.78, 5) is 0. The van der Waals surface area contributed by atoms with Gasteiger partial charge in [-0.3, -0.25) is 0 Å². The smallest absolute Gasteiger partial charge is 0.0770 e. The highest BCUT2D eigenvalue weighted by Gasteiger charge is 1.98. The molecule has 0 aliphatic rings. The predicted octanol–water partition coefficient (Wildman–Crippen LogP) is 0.421. The van der Waals surface area contributed by atoms with Crippen molar-refractivity contribution in [3.05, 3.63) is 0 Å². The van der Waals surface area contributed by atoms with E-state index in [1.165, 1.54) is 6.92 Å². The quantitative estimate of drug-likeness (QED) is 0.325. The minimum absolute atomic E-state index is 0.0935. The second-order valence-corrected chi connectivity index (χ2v) is 4.87. The van der Waals surface area contributed by atoms with Gasteiger partial charge in [-0.2, -0.15) is 0 Å². The van der Waals surface area contributed by atoms with Crippen molar-refractivity contribution in [2.75, 3.05) is 26.4 Å². The number of hydrogen-bond acceptors (Lipinski definition) is 6. The lowest BCUT2D eigenvalue weighted by Crippen LogP contribution is -2.10. The average Bonchev–Trinajstić information content (AvgIpc) is 2.49. The van der Waals surface area contributed by atoms with Crippen LogP contribution in [0.5, 0.6) is 0 Å². The van der Waals surface area contributed by atoms with Crippen molar-refractivity contribution in [2.24, 2.45) is 0 Å². The Morgan fingerprint density at radius 1 is 0.714 bits per heavy atom. The topological polar surface area (TPSA) is 121 Å². The first-order valence-electron chi connectivity index (χ1n) is 7.79. The van der Waals surface area contributed by atoms with Gasteiger partial charge in [0.2, 0.25) is 0 Å². The van der Waals surface area contributed by atoms with Gasteiger partial charge in [-0.05, 0) is 32.6 Å². The summed E-state index contributed by atoms with van der Waals surface area (Å²) >= 11 is 0. The predicted molar refractivity (Wildman–Crippen MR) is 84.0 cm³/mol. The van der Waals surface area contributed by atoms with E-state index in [1.807, 2.05) is 0 Å². The van der Waals surface area contributed by atoms with Gasteiger partial charge < -0.3 is 30.6 Å². The third-order valence-electron chi connectivity index (χ3n) is 2.43. The van der Waals surface area contributed by atoms with Gasteiger partial charge in [0.15, 0.2) is 0 Å². The molecule has 21 heavy (non-hydrogen) atoms. The van der Waals surface area contributed by atoms with E-state index in [4.69, 9.17) is 30.6 Å². The molecular weight excluding hydrogens is 276 g/mol. The first kappa shape index (κ1) is 25.7. The van der Waals surface area contributed by atoms with E-state index in [1.54, 1.807) is 0 Å². The van der Waals surface area contributed by atoms with Crippen molar-refractivity contribution in [3.63, 3.8) is 0 Å². The lowest BCUT2D eigenvalue weighted by atomic mass is 10.1. The fraction of sp³-hybridized carbons (Fsp3) is 1.00. The molecule has 132 valence electrons. The number of rotatable bonds is 10. The van der Waals surface area contributed by atoms with E-state index in [-0.39, 0.29) is 26.4 Å². The van der Waals surface area contributed by atoms with Crippen molar-refractivity contribution in [1.29, 1.82) is 0 Å². The van der Waals surface area contributed by atoms with Gasteiger partial charge in [-0.25, -0.2) is 0 Å². The molecule has 0 aromatic heterocycles. The summed E-state index contributed by atoms with van der Waals surface area (Å²) < 4.78 is 0. The molecule has 0 aromatic rings. The zero-order valence-electron chi connectivity index (χ0n) is 13.6. The number of unbranched alkanes of at least 4 members (excludes halogenated alkanes) is 4. The Morgan fingerprint density at radius 2 is 1.19 bits per heavy atom. The maximum atomic E-state index is 8.83. The van der Waals surface area contributed by atoms with Crippen LogP contribution in [0.15, 0.2) is 0 Å². The van der Waals surface area contributed by atoms with Crippen LogP contribution in [0.25, 0.3) is 0 Å². The van der Waals surface area contributed by atoms with Gasteiger partial charge in [-0.1, -0.05) is 26.2 Å². The zero-order chi connectivity index (χ0) is 16.9. The Labute approximate surface area is 129 Å². The van der Waals surface area contributed by atoms with E-state index in [2.05, 4.69) is 6.92 Å². The first-order valence-corrected chi connectivity index (χ1v) is 7.79. The zero-order valence-corrected chi connectivity index (χ0v) is 13.6. The molecule has 2 unspecified atom stereocenters. The molecule has 0 aliphatic carbocycles. The molecule has 0 saturated carbocycles. The minimum Gasteiger partial charge on any atom is -0.396 e. The number of hydrogen-bond donors (Lipinski definition) is 6. The van der Waals surface area contributed by atoms with Gasteiger partial charge in [0.05, 0.1) is 25.4 Å². The summed E-state index contributed by atoms with van der Waals surface area (Å²) in [6, 6.07) is 0. The third-order valence-corrected chi connectivity index (χ3v) is 2.43. The van der Waals surface area contributed by atoms with E-state index < -0.39 is 12.2 Å². The van der Waals surface area contributed by atoms with E-state index in [0.29, 0.717) is 0 Å². The molecule has 0 radical (unpaired) electrons. The maximum absolute atomic E-state index is 8.83. The summed E-state index contributed by atoms with van der Waals surface area (Å²) in [5, 5.41) is 49.6. The van der Waals surface area contributed by atoms with Crippen molar-refractivity contribution in [1.82, 2.24) is 0 Å². The van der Waals surface area contributed by atoms with Crippen LogP contribution >= 0.6 is 0 Å². The Balaban J connectivity index is -0.000000242. The molecule has 0 rings (SSSR count). The lowest BCUT2D eigenvalue weighted by molar-refractivity contribution is 0.0861. The molecule has 0 bridgehead atoms. The molecule has 0 amide bonds. The summed E-state index contributed by atoms with van der Waals surface area (Å²) in [6.07, 6.45) is 5.61. The van der Waals surface area contributed by atoms with Crippen molar-refractivity contribution in [3.8, 4) is 0 Å². The van der Waals surface area contributed by atoms with Gasteiger partial charge in [0.25, 0.3) is 0 Å². The Kier molecular flexibility index (Phi) is 30.3. The molecule has 0 fully saturated rings. The van der Waals surface area contributed by atoms with Crippen LogP contribution in [0.2, 0.25) is 0 Å². The van der Waals surface area contributed by atoms with Crippen LogP contribution in [0.3, 0.4) is 0 Å². The minimum atomic E-state index is -0.560. The van der Waals surface area contributed by atoms with E-state index >= 15 is 0 Å². The molecule has 2 atom stereocenters. The Morgan fingerprint density at radius 3 is 1.48 bits per heavy atom. The molecule has 0 saturated heterocycles. The molecule has 0 spiro atoms. The Bertz CT molecular complexity index is 151. The fourth-order valence-corrected chi connectivity index (χ4v) is 1.12. The van der Waals surface area contributed by atoms with Crippen LogP contribution < -0.4 is 0 Å². The van der Waals surface area contributed by atoms with E-state index in [0.717, 1.165) is 44.9 Å². The highest BCUT2D eigenvalue weighted by atomic mass is 16.3. The molecule has 0 aliphatic heterocycles. The summed E-state index contributed by atoms with van der Waals surface area (Å²) in [7, 11) is 0. The largest absolute Gasteiger partial charge is 0.396 e. The number of aliphatic hydroxyl groups excluding tert-OH is 6. The highest BCUT2D eigenvalue weighted by molar-refractivity contribution is 4.51.